The molecule has 31 heavy (non-hydrogen) atoms. The van der Waals surface area contributed by atoms with Gasteiger partial charge in [-0.15, -0.1) is 0 Å². The summed E-state index contributed by atoms with van der Waals surface area (Å²) in [6, 6.07) is 14.1. The molecule has 2 aromatic rings. The normalized spacial score (nSPS) is 15.7. The second-order valence-corrected chi connectivity index (χ2v) is 8.22. The molecule has 2 amide bonds. The highest BCUT2D eigenvalue weighted by atomic mass is 35.5. The lowest BCUT2D eigenvalue weighted by Crippen LogP contribution is -2.33. The molecule has 2 aromatic carbocycles. The number of amides is 2. The molecule has 1 atom stereocenters. The first-order valence-electron chi connectivity index (χ1n) is 10.3. The van der Waals surface area contributed by atoms with Gasteiger partial charge in [-0.3, -0.25) is 9.59 Å². The van der Waals surface area contributed by atoms with Gasteiger partial charge in [0, 0.05) is 35.6 Å². The van der Waals surface area contributed by atoms with Gasteiger partial charge in [0.2, 0.25) is 5.91 Å². The van der Waals surface area contributed by atoms with Crippen molar-refractivity contribution in [3.05, 3.63) is 58.6 Å². The smallest absolute Gasteiger partial charge is 0.257 e. The van der Waals surface area contributed by atoms with Crippen molar-refractivity contribution in [3.8, 4) is 11.5 Å². The highest BCUT2D eigenvalue weighted by Crippen LogP contribution is 2.21. The lowest BCUT2D eigenvalue weighted by Gasteiger charge is -2.17. The van der Waals surface area contributed by atoms with Crippen LogP contribution < -0.4 is 14.8 Å². The maximum Gasteiger partial charge on any atom is 0.257 e. The van der Waals surface area contributed by atoms with E-state index in [0.29, 0.717) is 41.9 Å². The summed E-state index contributed by atoms with van der Waals surface area (Å²) < 4.78 is 11.1. The Morgan fingerprint density at radius 3 is 2.26 bits per heavy atom. The van der Waals surface area contributed by atoms with Crippen LogP contribution in [0.2, 0.25) is 10.0 Å². The Bertz CT molecular complexity index is 859. The van der Waals surface area contributed by atoms with E-state index in [4.69, 9.17) is 32.7 Å². The molecule has 0 aromatic heterocycles. The van der Waals surface area contributed by atoms with E-state index in [0.717, 1.165) is 25.1 Å². The van der Waals surface area contributed by atoms with E-state index in [1.54, 1.807) is 36.4 Å². The van der Waals surface area contributed by atoms with E-state index in [-0.39, 0.29) is 24.3 Å². The number of benzene rings is 2. The zero-order chi connectivity index (χ0) is 22.1. The van der Waals surface area contributed by atoms with Crippen molar-refractivity contribution in [2.75, 3.05) is 32.8 Å². The van der Waals surface area contributed by atoms with E-state index in [1.807, 2.05) is 17.0 Å². The third-order valence-corrected chi connectivity index (χ3v) is 5.57. The van der Waals surface area contributed by atoms with Crippen molar-refractivity contribution < 1.29 is 19.1 Å². The molecule has 1 saturated heterocycles. The van der Waals surface area contributed by atoms with E-state index >= 15 is 0 Å². The molecule has 6 nitrogen and oxygen atoms in total. The van der Waals surface area contributed by atoms with Gasteiger partial charge >= 0.3 is 0 Å². The van der Waals surface area contributed by atoms with Crippen molar-refractivity contribution >= 4 is 35.0 Å². The number of halogens is 2. The van der Waals surface area contributed by atoms with Crippen LogP contribution >= 0.6 is 23.2 Å². The van der Waals surface area contributed by atoms with Crippen LogP contribution in [0.4, 0.5) is 0 Å². The quantitative estimate of drug-likeness (QED) is 0.506. The summed E-state index contributed by atoms with van der Waals surface area (Å²) in [4.78, 5) is 26.4. The van der Waals surface area contributed by atoms with Gasteiger partial charge in [-0.25, -0.2) is 0 Å². The summed E-state index contributed by atoms with van der Waals surface area (Å²) in [5.41, 5.74) is 0. The fourth-order valence-corrected chi connectivity index (χ4v) is 3.64. The Balaban J connectivity index is 1.27. The number of nitrogens with zero attached hydrogens (tertiary/aromatic N) is 1. The Kier molecular flexibility index (Phi) is 8.85. The van der Waals surface area contributed by atoms with Gasteiger partial charge in [0.25, 0.3) is 5.91 Å². The van der Waals surface area contributed by atoms with Crippen LogP contribution in [0.5, 0.6) is 11.5 Å². The highest BCUT2D eigenvalue weighted by Gasteiger charge is 2.30. The number of likely N-dealkylation sites (tertiary alicyclic amines) is 1. The van der Waals surface area contributed by atoms with Gasteiger partial charge < -0.3 is 19.7 Å². The third kappa shape index (κ3) is 7.64. The molecule has 1 N–H and O–H groups in total. The van der Waals surface area contributed by atoms with Crippen LogP contribution in [0.1, 0.15) is 19.3 Å². The van der Waals surface area contributed by atoms with E-state index in [9.17, 15) is 9.59 Å². The molecule has 0 saturated carbocycles. The van der Waals surface area contributed by atoms with Gasteiger partial charge in [-0.1, -0.05) is 23.2 Å². The summed E-state index contributed by atoms with van der Waals surface area (Å²) in [6.07, 6.45) is 2.21. The summed E-state index contributed by atoms with van der Waals surface area (Å²) in [5.74, 6) is 1.25. The van der Waals surface area contributed by atoms with Crippen molar-refractivity contribution in [2.24, 2.45) is 5.92 Å². The number of hydrogen-bond acceptors (Lipinski definition) is 4. The second-order valence-electron chi connectivity index (χ2n) is 7.35. The van der Waals surface area contributed by atoms with E-state index < -0.39 is 0 Å². The van der Waals surface area contributed by atoms with E-state index in [2.05, 4.69) is 5.32 Å². The molecule has 1 fully saturated rings. The van der Waals surface area contributed by atoms with E-state index in [1.165, 1.54) is 0 Å². The number of hydrogen-bond donors (Lipinski definition) is 1. The summed E-state index contributed by atoms with van der Waals surface area (Å²) in [7, 11) is 0. The summed E-state index contributed by atoms with van der Waals surface area (Å²) in [5, 5.41) is 4.10. The first-order valence-corrected chi connectivity index (χ1v) is 11.1. The zero-order valence-electron chi connectivity index (χ0n) is 17.2. The largest absolute Gasteiger partial charge is 0.494 e. The maximum absolute atomic E-state index is 12.5. The minimum Gasteiger partial charge on any atom is -0.494 e. The molecule has 1 aliphatic heterocycles. The Morgan fingerprint density at radius 2 is 1.61 bits per heavy atom. The summed E-state index contributed by atoms with van der Waals surface area (Å²) in [6.45, 7) is 2.34. The zero-order valence-corrected chi connectivity index (χ0v) is 18.7. The molecule has 1 unspecified atom stereocenters. The van der Waals surface area contributed by atoms with Crippen molar-refractivity contribution in [3.63, 3.8) is 0 Å². The highest BCUT2D eigenvalue weighted by molar-refractivity contribution is 6.30. The molecular weight excluding hydrogens is 439 g/mol. The lowest BCUT2D eigenvalue weighted by molar-refractivity contribution is -0.131. The molecule has 0 spiro atoms. The van der Waals surface area contributed by atoms with Crippen LogP contribution in [-0.4, -0.2) is 49.6 Å². The summed E-state index contributed by atoms with van der Waals surface area (Å²) >= 11 is 11.7. The minimum atomic E-state index is -0.211. The number of nitrogens with one attached hydrogen (secondary N) is 1. The van der Waals surface area contributed by atoms with Crippen LogP contribution in [0.25, 0.3) is 0 Å². The standard InChI is InChI=1S/C23H26Cl2N2O4/c24-18-2-6-20(7-3-18)30-15-1-13-27-14-11-17(23(27)29)10-12-26-22(28)16-31-21-8-4-19(25)5-9-21/h2-9,17H,1,10-16H2,(H,26,28). The maximum atomic E-state index is 12.5. The first kappa shape index (κ1) is 23.2. The molecule has 0 aliphatic carbocycles. The molecule has 3 rings (SSSR count). The molecule has 8 heteroatoms. The van der Waals surface area contributed by atoms with Gasteiger partial charge in [-0.05, 0) is 67.8 Å². The molecule has 0 radical (unpaired) electrons. The van der Waals surface area contributed by atoms with Crippen LogP contribution in [0, 0.1) is 5.92 Å². The van der Waals surface area contributed by atoms with Crippen LogP contribution in [0.3, 0.4) is 0 Å². The van der Waals surface area contributed by atoms with Gasteiger partial charge in [-0.2, -0.15) is 0 Å². The Labute approximate surface area is 192 Å². The first-order chi connectivity index (χ1) is 15.0. The van der Waals surface area contributed by atoms with Crippen molar-refractivity contribution in [1.29, 1.82) is 0 Å². The minimum absolute atomic E-state index is 0.0466. The predicted molar refractivity (Wildman–Crippen MR) is 121 cm³/mol. The second kappa shape index (κ2) is 11.8. The fourth-order valence-electron chi connectivity index (χ4n) is 3.39. The third-order valence-electron chi connectivity index (χ3n) is 5.06. The topological polar surface area (TPSA) is 67.9 Å². The molecule has 0 bridgehead atoms. The number of carbonyl (C=O) groups excluding carboxylic acids is 2. The Hall–Kier alpha value is -2.44. The van der Waals surface area contributed by atoms with Crippen LogP contribution in [-0.2, 0) is 9.59 Å². The van der Waals surface area contributed by atoms with Gasteiger partial charge in [0.05, 0.1) is 6.61 Å². The molecular formula is C23H26Cl2N2O4. The predicted octanol–water partition coefficient (Wildman–Crippen LogP) is 4.20. The fraction of sp³-hybridized carbons (Fsp3) is 0.391. The lowest BCUT2D eigenvalue weighted by atomic mass is 10.0. The monoisotopic (exact) mass is 464 g/mol. The van der Waals surface area contributed by atoms with Crippen molar-refractivity contribution in [1.82, 2.24) is 10.2 Å². The molecule has 166 valence electrons. The van der Waals surface area contributed by atoms with Crippen molar-refractivity contribution in [2.45, 2.75) is 19.3 Å². The van der Waals surface area contributed by atoms with Gasteiger partial charge in [0.1, 0.15) is 11.5 Å². The van der Waals surface area contributed by atoms with Gasteiger partial charge in [0.15, 0.2) is 6.61 Å². The Morgan fingerprint density at radius 1 is 1.00 bits per heavy atom. The number of carbonyl (C=O) groups is 2. The average Bonchev–Trinajstić information content (AvgIpc) is 3.11. The molecule has 1 heterocycles. The van der Waals surface area contributed by atoms with Crippen LogP contribution in [0.15, 0.2) is 48.5 Å². The number of ether oxygens (including phenoxy) is 2. The molecule has 1 aliphatic rings. The SMILES string of the molecule is O=C(COc1ccc(Cl)cc1)NCCC1CCN(CCCOc2ccc(Cl)cc2)C1=O. The number of rotatable bonds is 11. The average molecular weight is 465 g/mol.